The monoisotopic (exact) mass is 231 g/mol. The first-order chi connectivity index (χ1) is 8.11. The van der Waals surface area contributed by atoms with Gasteiger partial charge in [0.25, 0.3) is 0 Å². The van der Waals surface area contributed by atoms with E-state index in [-0.39, 0.29) is 17.0 Å². The van der Waals surface area contributed by atoms with E-state index in [1.807, 2.05) is 6.07 Å². The minimum Gasteiger partial charge on any atom is -0.504 e. The Morgan fingerprint density at radius 1 is 1.59 bits per heavy atom. The van der Waals surface area contributed by atoms with Gasteiger partial charge in [0.05, 0.1) is 11.3 Å². The number of benzene rings is 1. The van der Waals surface area contributed by atoms with Gasteiger partial charge in [0.15, 0.2) is 5.75 Å². The normalized spacial score (nSPS) is 20.4. The van der Waals surface area contributed by atoms with Crippen molar-refractivity contribution in [2.24, 2.45) is 0 Å². The van der Waals surface area contributed by atoms with E-state index in [0.29, 0.717) is 6.04 Å². The van der Waals surface area contributed by atoms with Crippen molar-refractivity contribution in [3.05, 3.63) is 23.3 Å². The zero-order chi connectivity index (χ0) is 12.4. The molecule has 1 saturated heterocycles. The van der Waals surface area contributed by atoms with Gasteiger partial charge in [0.2, 0.25) is 0 Å². The van der Waals surface area contributed by atoms with Crippen LogP contribution in [0.2, 0.25) is 0 Å². The van der Waals surface area contributed by atoms with Crippen molar-refractivity contribution >= 4 is 5.69 Å². The highest BCUT2D eigenvalue weighted by molar-refractivity contribution is 5.61. The first-order valence-corrected chi connectivity index (χ1v) is 5.87. The highest BCUT2D eigenvalue weighted by Gasteiger charge is 2.20. The molecule has 90 valence electrons. The maximum absolute atomic E-state index is 9.57. The van der Waals surface area contributed by atoms with Crippen molar-refractivity contribution in [1.29, 1.82) is 5.26 Å². The molecule has 2 rings (SSSR count). The topological polar surface area (TPSA) is 73.3 Å². The molecule has 1 aliphatic heterocycles. The van der Waals surface area contributed by atoms with E-state index in [4.69, 9.17) is 11.0 Å². The predicted molar refractivity (Wildman–Crippen MR) is 66.3 cm³/mol. The number of hydrogen-bond acceptors (Lipinski definition) is 4. The Labute approximate surface area is 101 Å². The van der Waals surface area contributed by atoms with Crippen LogP contribution < -0.4 is 5.73 Å². The van der Waals surface area contributed by atoms with E-state index >= 15 is 0 Å². The number of nitrogens with two attached hydrogens (primary N) is 1. The quantitative estimate of drug-likeness (QED) is 0.601. The largest absolute Gasteiger partial charge is 0.504 e. The van der Waals surface area contributed by atoms with E-state index < -0.39 is 0 Å². The van der Waals surface area contributed by atoms with Crippen molar-refractivity contribution in [1.82, 2.24) is 4.90 Å². The van der Waals surface area contributed by atoms with E-state index in [0.717, 1.165) is 18.7 Å². The number of phenols is 1. The molecule has 0 unspecified atom stereocenters. The number of phenolic OH excluding ortho intramolecular Hbond substituents is 1. The third kappa shape index (κ3) is 2.34. The molecule has 1 aromatic carbocycles. The van der Waals surface area contributed by atoms with Gasteiger partial charge in [0.1, 0.15) is 6.07 Å². The number of anilines is 1. The van der Waals surface area contributed by atoms with Gasteiger partial charge in [-0.15, -0.1) is 0 Å². The van der Waals surface area contributed by atoms with Crippen LogP contribution in [0.15, 0.2) is 12.1 Å². The van der Waals surface area contributed by atoms with Crippen LogP contribution in [0.3, 0.4) is 0 Å². The molecule has 17 heavy (non-hydrogen) atoms. The van der Waals surface area contributed by atoms with Gasteiger partial charge < -0.3 is 10.8 Å². The van der Waals surface area contributed by atoms with E-state index in [1.54, 1.807) is 12.1 Å². The zero-order valence-electron chi connectivity index (χ0n) is 9.98. The second-order valence-electron chi connectivity index (χ2n) is 4.65. The van der Waals surface area contributed by atoms with Gasteiger partial charge in [-0.25, -0.2) is 0 Å². The fourth-order valence-corrected chi connectivity index (χ4v) is 2.36. The number of rotatable bonds is 2. The molecule has 1 aliphatic rings. The Kier molecular flexibility index (Phi) is 3.21. The van der Waals surface area contributed by atoms with Gasteiger partial charge in [-0.1, -0.05) is 0 Å². The highest BCUT2D eigenvalue weighted by atomic mass is 16.3. The summed E-state index contributed by atoms with van der Waals surface area (Å²) in [4.78, 5) is 2.37. The van der Waals surface area contributed by atoms with Crippen LogP contribution in [-0.4, -0.2) is 22.6 Å². The third-order valence-corrected chi connectivity index (χ3v) is 3.40. The Hall–Kier alpha value is -1.73. The molecule has 4 nitrogen and oxygen atoms in total. The molecule has 1 aromatic rings. The van der Waals surface area contributed by atoms with Crippen LogP contribution in [-0.2, 0) is 6.54 Å². The highest BCUT2D eigenvalue weighted by Crippen LogP contribution is 2.28. The van der Waals surface area contributed by atoms with Crippen molar-refractivity contribution in [3.63, 3.8) is 0 Å². The summed E-state index contributed by atoms with van der Waals surface area (Å²) in [6, 6.07) is 6.01. The molecule has 0 bridgehead atoms. The second-order valence-corrected chi connectivity index (χ2v) is 4.65. The number of aromatic hydroxyl groups is 1. The molecule has 1 heterocycles. The van der Waals surface area contributed by atoms with Gasteiger partial charge in [-0.05, 0) is 44.0 Å². The Bertz CT molecular complexity index is 464. The first kappa shape index (κ1) is 11.7. The lowest BCUT2D eigenvalue weighted by Gasteiger charge is -2.21. The lowest BCUT2D eigenvalue weighted by Crippen LogP contribution is -2.26. The van der Waals surface area contributed by atoms with Gasteiger partial charge in [-0.2, -0.15) is 5.26 Å². The Balaban J connectivity index is 2.22. The molecule has 0 spiro atoms. The SMILES string of the molecule is C[C@@H]1CCCN1Cc1cc(N)c(O)c(C#N)c1. The van der Waals surface area contributed by atoms with Gasteiger partial charge >= 0.3 is 0 Å². The predicted octanol–water partition coefficient (Wildman–Crippen LogP) is 1.83. The summed E-state index contributed by atoms with van der Waals surface area (Å²) in [6.07, 6.45) is 2.44. The van der Waals surface area contributed by atoms with Crippen LogP contribution in [0.1, 0.15) is 30.9 Å². The van der Waals surface area contributed by atoms with Crippen LogP contribution in [0.25, 0.3) is 0 Å². The number of hydrogen-bond donors (Lipinski definition) is 2. The number of likely N-dealkylation sites (tertiary alicyclic amines) is 1. The van der Waals surface area contributed by atoms with Gasteiger partial charge in [0, 0.05) is 12.6 Å². The van der Waals surface area contributed by atoms with Crippen molar-refractivity contribution < 1.29 is 5.11 Å². The molecule has 0 aliphatic carbocycles. The molecule has 4 heteroatoms. The summed E-state index contributed by atoms with van der Waals surface area (Å²) in [6.45, 7) is 4.09. The number of nitrogen functional groups attached to an aromatic ring is 1. The fraction of sp³-hybridized carbons (Fsp3) is 0.462. The van der Waals surface area contributed by atoms with Crippen LogP contribution >= 0.6 is 0 Å². The molecule has 0 amide bonds. The minimum atomic E-state index is -0.106. The fourth-order valence-electron chi connectivity index (χ4n) is 2.36. The maximum Gasteiger partial charge on any atom is 0.156 e. The molecule has 0 aromatic heterocycles. The summed E-state index contributed by atoms with van der Waals surface area (Å²) in [5, 5.41) is 18.5. The number of nitriles is 1. The van der Waals surface area contributed by atoms with E-state index in [2.05, 4.69) is 11.8 Å². The van der Waals surface area contributed by atoms with Crippen LogP contribution in [0, 0.1) is 11.3 Å². The van der Waals surface area contributed by atoms with Crippen molar-refractivity contribution in [3.8, 4) is 11.8 Å². The average Bonchev–Trinajstić information content (AvgIpc) is 2.69. The summed E-state index contributed by atoms with van der Waals surface area (Å²) in [7, 11) is 0. The van der Waals surface area contributed by atoms with Crippen LogP contribution in [0.5, 0.6) is 5.75 Å². The molecule has 3 N–H and O–H groups in total. The third-order valence-electron chi connectivity index (χ3n) is 3.40. The van der Waals surface area contributed by atoms with E-state index in [9.17, 15) is 5.11 Å². The molecule has 1 fully saturated rings. The standard InChI is InChI=1S/C13H17N3O/c1-9-3-2-4-16(9)8-10-5-11(7-14)13(17)12(15)6-10/h5-6,9,17H,2-4,8,15H2,1H3/t9-/m1/s1. The zero-order valence-corrected chi connectivity index (χ0v) is 9.98. The number of nitrogens with zero attached hydrogens (tertiary/aromatic N) is 2. The molecular formula is C13H17N3O. The van der Waals surface area contributed by atoms with Crippen molar-refractivity contribution in [2.75, 3.05) is 12.3 Å². The molecule has 0 radical (unpaired) electrons. The molecule has 0 saturated carbocycles. The first-order valence-electron chi connectivity index (χ1n) is 5.87. The van der Waals surface area contributed by atoms with E-state index in [1.165, 1.54) is 12.8 Å². The summed E-state index contributed by atoms with van der Waals surface area (Å²) in [5.74, 6) is -0.106. The summed E-state index contributed by atoms with van der Waals surface area (Å²) in [5.41, 5.74) is 7.22. The minimum absolute atomic E-state index is 0.106. The second kappa shape index (κ2) is 4.64. The average molecular weight is 231 g/mol. The maximum atomic E-state index is 9.57. The molecular weight excluding hydrogens is 214 g/mol. The summed E-state index contributed by atoms with van der Waals surface area (Å²) >= 11 is 0. The lowest BCUT2D eigenvalue weighted by molar-refractivity contribution is 0.260. The van der Waals surface area contributed by atoms with Gasteiger partial charge in [-0.3, -0.25) is 4.90 Å². The Morgan fingerprint density at radius 2 is 2.35 bits per heavy atom. The molecule has 1 atom stereocenters. The Morgan fingerprint density at radius 3 is 2.94 bits per heavy atom. The van der Waals surface area contributed by atoms with Crippen molar-refractivity contribution in [2.45, 2.75) is 32.4 Å². The summed E-state index contributed by atoms with van der Waals surface area (Å²) < 4.78 is 0. The van der Waals surface area contributed by atoms with Crippen LogP contribution in [0.4, 0.5) is 5.69 Å². The smallest absolute Gasteiger partial charge is 0.156 e. The lowest BCUT2D eigenvalue weighted by atomic mass is 10.1.